The van der Waals surface area contributed by atoms with Crippen LogP contribution in [0.3, 0.4) is 0 Å². The number of halogens is 3. The summed E-state index contributed by atoms with van der Waals surface area (Å²) in [5.41, 5.74) is -0.343. The van der Waals surface area contributed by atoms with E-state index in [2.05, 4.69) is 5.32 Å². The van der Waals surface area contributed by atoms with Crippen LogP contribution in [0.2, 0.25) is 0 Å². The van der Waals surface area contributed by atoms with Crippen molar-refractivity contribution in [1.29, 1.82) is 0 Å². The summed E-state index contributed by atoms with van der Waals surface area (Å²) >= 11 is 0. The molecule has 2 aliphatic heterocycles. The minimum atomic E-state index is -4.36. The molecule has 2 saturated heterocycles. The summed E-state index contributed by atoms with van der Waals surface area (Å²) in [4.78, 5) is 12.1. The number of benzene rings is 1. The zero-order valence-electron chi connectivity index (χ0n) is 10.6. The van der Waals surface area contributed by atoms with Crippen molar-refractivity contribution in [3.05, 3.63) is 29.8 Å². The molecule has 0 radical (unpaired) electrons. The molecule has 2 aliphatic rings. The van der Waals surface area contributed by atoms with Gasteiger partial charge in [-0.05, 0) is 43.5 Å². The van der Waals surface area contributed by atoms with Gasteiger partial charge in [0.15, 0.2) is 0 Å². The Morgan fingerprint density at radius 2 is 1.90 bits per heavy atom. The van der Waals surface area contributed by atoms with Crippen molar-refractivity contribution in [3.8, 4) is 0 Å². The number of ether oxygens (including phenoxy) is 1. The lowest BCUT2D eigenvalue weighted by molar-refractivity contribution is -0.137. The van der Waals surface area contributed by atoms with E-state index < -0.39 is 11.7 Å². The number of fused-ring (bicyclic) bond motifs is 2. The Kier molecular flexibility index (Phi) is 3.20. The molecule has 108 valence electrons. The van der Waals surface area contributed by atoms with Crippen molar-refractivity contribution < 1.29 is 22.7 Å². The Morgan fingerprint density at radius 1 is 1.20 bits per heavy atom. The Labute approximate surface area is 114 Å². The number of hydrogen-bond donors (Lipinski definition) is 1. The van der Waals surface area contributed by atoms with Gasteiger partial charge >= 0.3 is 6.18 Å². The lowest BCUT2D eigenvalue weighted by Gasteiger charge is -2.18. The number of nitrogens with one attached hydrogen (secondary N) is 1. The Balaban J connectivity index is 1.64. The van der Waals surface area contributed by atoms with E-state index in [4.69, 9.17) is 4.74 Å². The quantitative estimate of drug-likeness (QED) is 0.906. The molecule has 1 N–H and O–H groups in total. The number of carbonyl (C=O) groups is 1. The van der Waals surface area contributed by atoms with Gasteiger partial charge < -0.3 is 10.1 Å². The fourth-order valence-corrected chi connectivity index (χ4v) is 2.89. The second kappa shape index (κ2) is 4.77. The first-order chi connectivity index (χ1) is 9.43. The SMILES string of the molecule is O=C(Nc1ccc(C(F)(F)F)cc1)C1CC2CCC1O2. The van der Waals surface area contributed by atoms with Crippen LogP contribution >= 0.6 is 0 Å². The maximum atomic E-state index is 12.4. The molecule has 2 bridgehead atoms. The molecule has 20 heavy (non-hydrogen) atoms. The summed E-state index contributed by atoms with van der Waals surface area (Å²) in [7, 11) is 0. The van der Waals surface area contributed by atoms with Gasteiger partial charge in [-0.2, -0.15) is 13.2 Å². The van der Waals surface area contributed by atoms with E-state index >= 15 is 0 Å². The highest BCUT2D eigenvalue weighted by Gasteiger charge is 2.44. The number of rotatable bonds is 2. The maximum Gasteiger partial charge on any atom is 0.416 e. The molecular formula is C14H14F3NO2. The van der Waals surface area contributed by atoms with Gasteiger partial charge in [-0.25, -0.2) is 0 Å². The molecule has 3 nitrogen and oxygen atoms in total. The summed E-state index contributed by atoms with van der Waals surface area (Å²) in [5, 5.41) is 2.66. The van der Waals surface area contributed by atoms with Crippen molar-refractivity contribution >= 4 is 11.6 Å². The van der Waals surface area contributed by atoms with E-state index in [1.54, 1.807) is 0 Å². The fraction of sp³-hybridized carbons (Fsp3) is 0.500. The third-order valence-corrected chi connectivity index (χ3v) is 3.92. The maximum absolute atomic E-state index is 12.4. The smallest absolute Gasteiger partial charge is 0.374 e. The van der Waals surface area contributed by atoms with E-state index in [9.17, 15) is 18.0 Å². The molecule has 2 fully saturated rings. The molecule has 0 saturated carbocycles. The summed E-state index contributed by atoms with van der Waals surface area (Å²) < 4.78 is 42.9. The fourth-order valence-electron chi connectivity index (χ4n) is 2.89. The van der Waals surface area contributed by atoms with Crippen molar-refractivity contribution in [2.24, 2.45) is 5.92 Å². The summed E-state index contributed by atoms with van der Waals surface area (Å²) in [6.07, 6.45) is -1.64. The van der Waals surface area contributed by atoms with E-state index in [1.807, 2.05) is 0 Å². The first kappa shape index (κ1) is 13.4. The van der Waals surface area contributed by atoms with Gasteiger partial charge in [0.1, 0.15) is 0 Å². The average molecular weight is 285 g/mol. The van der Waals surface area contributed by atoms with E-state index in [-0.39, 0.29) is 24.0 Å². The first-order valence-electron chi connectivity index (χ1n) is 6.57. The largest absolute Gasteiger partial charge is 0.416 e. The molecule has 3 rings (SSSR count). The van der Waals surface area contributed by atoms with Crippen LogP contribution in [0.4, 0.5) is 18.9 Å². The van der Waals surface area contributed by atoms with Crippen LogP contribution in [0.1, 0.15) is 24.8 Å². The molecule has 1 aromatic rings. The van der Waals surface area contributed by atoms with Gasteiger partial charge in [-0.3, -0.25) is 4.79 Å². The van der Waals surface area contributed by atoms with Crippen LogP contribution < -0.4 is 5.32 Å². The standard InChI is InChI=1S/C14H14F3NO2/c15-14(16,17)8-1-3-9(4-2-8)18-13(19)11-7-10-5-6-12(11)20-10/h1-4,10-12H,5-7H2,(H,18,19). The van der Waals surface area contributed by atoms with Gasteiger partial charge in [-0.1, -0.05) is 0 Å². The highest BCUT2D eigenvalue weighted by molar-refractivity contribution is 5.93. The highest BCUT2D eigenvalue weighted by Crippen LogP contribution is 2.39. The van der Waals surface area contributed by atoms with Crippen LogP contribution in [0.15, 0.2) is 24.3 Å². The second-order valence-electron chi connectivity index (χ2n) is 5.28. The molecule has 1 amide bonds. The second-order valence-corrected chi connectivity index (χ2v) is 5.28. The van der Waals surface area contributed by atoms with E-state index in [0.29, 0.717) is 12.1 Å². The molecule has 3 atom stereocenters. The van der Waals surface area contributed by atoms with Crippen molar-refractivity contribution in [1.82, 2.24) is 0 Å². The van der Waals surface area contributed by atoms with Crippen LogP contribution in [0.25, 0.3) is 0 Å². The number of carbonyl (C=O) groups excluding carboxylic acids is 1. The summed E-state index contributed by atoms with van der Waals surface area (Å²) in [5.74, 6) is -0.354. The van der Waals surface area contributed by atoms with E-state index in [1.165, 1.54) is 12.1 Å². The average Bonchev–Trinajstić information content (AvgIpc) is 3.00. The molecule has 0 spiro atoms. The minimum Gasteiger partial charge on any atom is -0.374 e. The number of amides is 1. The minimum absolute atomic E-state index is 0.0329. The van der Waals surface area contributed by atoms with Crippen molar-refractivity contribution in [2.45, 2.75) is 37.6 Å². The lowest BCUT2D eigenvalue weighted by Crippen LogP contribution is -2.30. The summed E-state index contributed by atoms with van der Waals surface area (Å²) in [6.45, 7) is 0. The first-order valence-corrected chi connectivity index (χ1v) is 6.57. The molecule has 3 unspecified atom stereocenters. The molecule has 1 aromatic carbocycles. The van der Waals surface area contributed by atoms with Gasteiger partial charge in [-0.15, -0.1) is 0 Å². The van der Waals surface area contributed by atoms with Gasteiger partial charge in [0.2, 0.25) is 5.91 Å². The number of alkyl halides is 3. The highest BCUT2D eigenvalue weighted by atomic mass is 19.4. The summed E-state index contributed by atoms with van der Waals surface area (Å²) in [6, 6.07) is 4.48. The van der Waals surface area contributed by atoms with Crippen LogP contribution in [-0.2, 0) is 15.7 Å². The predicted octanol–water partition coefficient (Wildman–Crippen LogP) is 3.21. The zero-order chi connectivity index (χ0) is 14.3. The molecular weight excluding hydrogens is 271 g/mol. The Morgan fingerprint density at radius 3 is 2.40 bits per heavy atom. The monoisotopic (exact) mass is 285 g/mol. The topological polar surface area (TPSA) is 38.3 Å². The van der Waals surface area contributed by atoms with Gasteiger partial charge in [0, 0.05) is 5.69 Å². The predicted molar refractivity (Wildman–Crippen MR) is 66.1 cm³/mol. The van der Waals surface area contributed by atoms with Crippen molar-refractivity contribution in [2.75, 3.05) is 5.32 Å². The van der Waals surface area contributed by atoms with Gasteiger partial charge in [0.25, 0.3) is 0 Å². The lowest BCUT2D eigenvalue weighted by atomic mass is 9.88. The zero-order valence-corrected chi connectivity index (χ0v) is 10.6. The van der Waals surface area contributed by atoms with Crippen LogP contribution in [0, 0.1) is 5.92 Å². The van der Waals surface area contributed by atoms with Crippen LogP contribution in [-0.4, -0.2) is 18.1 Å². The number of anilines is 1. The van der Waals surface area contributed by atoms with Gasteiger partial charge in [0.05, 0.1) is 23.7 Å². The van der Waals surface area contributed by atoms with Crippen molar-refractivity contribution in [3.63, 3.8) is 0 Å². The number of hydrogen-bond acceptors (Lipinski definition) is 2. The van der Waals surface area contributed by atoms with Crippen LogP contribution in [0.5, 0.6) is 0 Å². The third-order valence-electron chi connectivity index (χ3n) is 3.92. The normalized spacial score (nSPS) is 28.6. The molecule has 6 heteroatoms. The molecule has 0 aromatic heterocycles. The molecule has 0 aliphatic carbocycles. The van der Waals surface area contributed by atoms with E-state index in [0.717, 1.165) is 25.0 Å². The Hall–Kier alpha value is -1.56. The third kappa shape index (κ3) is 2.52. The Bertz CT molecular complexity index is 512. The molecule has 2 heterocycles.